The van der Waals surface area contributed by atoms with Gasteiger partial charge in [-0.05, 0) is 30.3 Å². The van der Waals surface area contributed by atoms with E-state index in [1.807, 2.05) is 54.6 Å². The summed E-state index contributed by atoms with van der Waals surface area (Å²) in [5.74, 6) is 1.26. The van der Waals surface area contributed by atoms with Crippen molar-refractivity contribution >= 4 is 17.3 Å². The van der Waals surface area contributed by atoms with Gasteiger partial charge in [-0.3, -0.25) is 4.79 Å². The number of ether oxygens (including phenoxy) is 2. The molecule has 0 radical (unpaired) electrons. The molecule has 2 N–H and O–H groups in total. The van der Waals surface area contributed by atoms with Crippen LogP contribution in [0, 0.1) is 0 Å². The first-order valence-electron chi connectivity index (χ1n) is 8.47. The second kappa shape index (κ2) is 8.71. The monoisotopic (exact) mass is 363 g/mol. The number of hydrogen-bond acceptors (Lipinski definition) is 5. The first-order valence-corrected chi connectivity index (χ1v) is 8.47. The molecule has 6 nitrogen and oxygen atoms in total. The van der Waals surface area contributed by atoms with Crippen LogP contribution in [0.5, 0.6) is 11.5 Å². The second-order valence-corrected chi connectivity index (χ2v) is 5.78. The first kappa shape index (κ1) is 18.3. The summed E-state index contributed by atoms with van der Waals surface area (Å²) in [6, 6.07) is 18.6. The molecule has 3 rings (SSSR count). The number of pyridine rings is 1. The van der Waals surface area contributed by atoms with Gasteiger partial charge in [-0.25, -0.2) is 4.98 Å². The molecule has 6 heteroatoms. The van der Waals surface area contributed by atoms with Crippen molar-refractivity contribution in [3.05, 3.63) is 78.1 Å². The molecule has 1 amide bonds. The molecule has 0 saturated carbocycles. The Morgan fingerprint density at radius 3 is 2.56 bits per heavy atom. The fourth-order valence-electron chi connectivity index (χ4n) is 2.58. The van der Waals surface area contributed by atoms with Gasteiger partial charge in [0.2, 0.25) is 0 Å². The van der Waals surface area contributed by atoms with Gasteiger partial charge in [-0.2, -0.15) is 0 Å². The van der Waals surface area contributed by atoms with Crippen LogP contribution in [0.4, 0.5) is 11.4 Å². The molecule has 27 heavy (non-hydrogen) atoms. The zero-order valence-electron chi connectivity index (χ0n) is 15.2. The molecule has 138 valence electrons. The molecule has 1 aromatic heterocycles. The van der Waals surface area contributed by atoms with Gasteiger partial charge in [0.05, 0.1) is 26.1 Å². The van der Waals surface area contributed by atoms with Crippen molar-refractivity contribution < 1.29 is 14.3 Å². The zero-order chi connectivity index (χ0) is 19.1. The van der Waals surface area contributed by atoms with Crippen molar-refractivity contribution in [3.63, 3.8) is 0 Å². The van der Waals surface area contributed by atoms with Crippen LogP contribution < -0.4 is 20.1 Å². The number of nitrogens with zero attached hydrogens (tertiary/aromatic N) is 1. The van der Waals surface area contributed by atoms with E-state index in [0.29, 0.717) is 12.2 Å². The first-order chi connectivity index (χ1) is 13.2. The van der Waals surface area contributed by atoms with Crippen molar-refractivity contribution in [1.82, 2.24) is 10.3 Å². The molecule has 2 aromatic carbocycles. The highest BCUT2D eigenvalue weighted by molar-refractivity contribution is 5.92. The highest BCUT2D eigenvalue weighted by atomic mass is 16.5. The molecule has 0 aliphatic heterocycles. The van der Waals surface area contributed by atoms with Crippen LogP contribution in [-0.2, 0) is 6.54 Å². The Balaban J connectivity index is 1.61. The number of nitrogens with one attached hydrogen (secondary N) is 2. The van der Waals surface area contributed by atoms with Crippen LogP contribution in [0.25, 0.3) is 0 Å². The van der Waals surface area contributed by atoms with E-state index in [2.05, 4.69) is 15.6 Å². The van der Waals surface area contributed by atoms with E-state index in [1.165, 1.54) is 0 Å². The van der Waals surface area contributed by atoms with Gasteiger partial charge in [-0.15, -0.1) is 0 Å². The third kappa shape index (κ3) is 4.76. The average Bonchev–Trinajstić information content (AvgIpc) is 2.73. The highest BCUT2D eigenvalue weighted by Crippen LogP contribution is 2.21. The van der Waals surface area contributed by atoms with Crippen LogP contribution in [-0.4, -0.2) is 25.1 Å². The van der Waals surface area contributed by atoms with E-state index >= 15 is 0 Å². The predicted octanol–water partition coefficient (Wildman–Crippen LogP) is 3.77. The summed E-state index contributed by atoms with van der Waals surface area (Å²) in [6.07, 6.45) is 1.62. The Kier molecular flexibility index (Phi) is 5.89. The van der Waals surface area contributed by atoms with Crippen molar-refractivity contribution in [3.8, 4) is 11.5 Å². The van der Waals surface area contributed by atoms with E-state index in [1.54, 1.807) is 26.5 Å². The summed E-state index contributed by atoms with van der Waals surface area (Å²) in [6.45, 7) is 0.369. The van der Waals surface area contributed by atoms with Gasteiger partial charge >= 0.3 is 0 Å². The van der Waals surface area contributed by atoms with Crippen LogP contribution >= 0.6 is 0 Å². The lowest BCUT2D eigenvalue weighted by molar-refractivity contribution is 0.0945. The molecule has 0 unspecified atom stereocenters. The molecular formula is C21H21N3O3. The lowest BCUT2D eigenvalue weighted by Crippen LogP contribution is -2.24. The van der Waals surface area contributed by atoms with Crippen LogP contribution in [0.15, 0.2) is 66.9 Å². The summed E-state index contributed by atoms with van der Waals surface area (Å²) >= 11 is 0. The Bertz CT molecular complexity index is 911. The summed E-state index contributed by atoms with van der Waals surface area (Å²) in [5, 5.41) is 6.08. The highest BCUT2D eigenvalue weighted by Gasteiger charge is 2.09. The lowest BCUT2D eigenvalue weighted by Gasteiger charge is -2.10. The quantitative estimate of drug-likeness (QED) is 0.668. The molecule has 0 saturated heterocycles. The van der Waals surface area contributed by atoms with E-state index in [0.717, 1.165) is 28.4 Å². The number of carbonyl (C=O) groups is 1. The minimum absolute atomic E-state index is 0.242. The number of anilines is 2. The third-order valence-corrected chi connectivity index (χ3v) is 3.99. The van der Waals surface area contributed by atoms with Gasteiger partial charge in [0.1, 0.15) is 17.2 Å². The summed E-state index contributed by atoms with van der Waals surface area (Å²) in [7, 11) is 3.23. The standard InChI is InChI=1S/C21H21N3O3/c1-26-18-8-5-7-16(12-18)24-17-10-11-19(22-14-17)21(25)23-13-15-6-3-4-9-20(15)27-2/h3-12,14,24H,13H2,1-2H3,(H,23,25). The molecule has 0 bridgehead atoms. The SMILES string of the molecule is COc1cccc(Nc2ccc(C(=O)NCc3ccccc3OC)nc2)c1. The Labute approximate surface area is 158 Å². The summed E-state index contributed by atoms with van der Waals surface area (Å²) < 4.78 is 10.5. The Hall–Kier alpha value is -3.54. The number of methoxy groups -OCH3 is 2. The maximum absolute atomic E-state index is 12.3. The number of para-hydroxylation sites is 1. The van der Waals surface area contributed by atoms with Crippen LogP contribution in [0.2, 0.25) is 0 Å². The summed E-state index contributed by atoms with van der Waals surface area (Å²) in [5.41, 5.74) is 2.92. The predicted molar refractivity (Wildman–Crippen MR) is 105 cm³/mol. The molecule has 0 atom stereocenters. The van der Waals surface area contributed by atoms with Crippen molar-refractivity contribution in [1.29, 1.82) is 0 Å². The largest absolute Gasteiger partial charge is 0.497 e. The lowest BCUT2D eigenvalue weighted by atomic mass is 10.2. The molecular weight excluding hydrogens is 342 g/mol. The maximum atomic E-state index is 12.3. The molecule has 0 fully saturated rings. The van der Waals surface area contributed by atoms with E-state index in [4.69, 9.17) is 9.47 Å². The van der Waals surface area contributed by atoms with Gasteiger partial charge in [0.15, 0.2) is 0 Å². The molecule has 0 aliphatic rings. The third-order valence-electron chi connectivity index (χ3n) is 3.99. The number of hydrogen-bond donors (Lipinski definition) is 2. The normalized spacial score (nSPS) is 10.1. The minimum Gasteiger partial charge on any atom is -0.497 e. The smallest absolute Gasteiger partial charge is 0.270 e. The minimum atomic E-state index is -0.242. The molecule has 0 aliphatic carbocycles. The Morgan fingerprint density at radius 1 is 0.963 bits per heavy atom. The number of benzene rings is 2. The topological polar surface area (TPSA) is 72.5 Å². The fraction of sp³-hybridized carbons (Fsp3) is 0.143. The van der Waals surface area contributed by atoms with E-state index in [9.17, 15) is 4.79 Å². The number of carbonyl (C=O) groups excluding carboxylic acids is 1. The van der Waals surface area contributed by atoms with Gasteiger partial charge in [-0.1, -0.05) is 24.3 Å². The van der Waals surface area contributed by atoms with E-state index in [-0.39, 0.29) is 5.91 Å². The van der Waals surface area contributed by atoms with Crippen molar-refractivity contribution in [2.24, 2.45) is 0 Å². The van der Waals surface area contributed by atoms with E-state index < -0.39 is 0 Å². The number of amides is 1. The summed E-state index contributed by atoms with van der Waals surface area (Å²) in [4.78, 5) is 16.6. The Morgan fingerprint density at radius 2 is 1.81 bits per heavy atom. The fourth-order valence-corrected chi connectivity index (χ4v) is 2.58. The maximum Gasteiger partial charge on any atom is 0.270 e. The number of aromatic nitrogens is 1. The van der Waals surface area contributed by atoms with Gasteiger partial charge < -0.3 is 20.1 Å². The van der Waals surface area contributed by atoms with Crippen LogP contribution in [0.3, 0.4) is 0 Å². The second-order valence-electron chi connectivity index (χ2n) is 5.78. The molecule has 0 spiro atoms. The van der Waals surface area contributed by atoms with Crippen molar-refractivity contribution in [2.75, 3.05) is 19.5 Å². The van der Waals surface area contributed by atoms with Crippen molar-refractivity contribution in [2.45, 2.75) is 6.54 Å². The number of rotatable bonds is 7. The van der Waals surface area contributed by atoms with Gasteiger partial charge in [0, 0.05) is 23.9 Å². The average molecular weight is 363 g/mol. The zero-order valence-corrected chi connectivity index (χ0v) is 15.2. The molecule has 1 heterocycles. The molecule has 3 aromatic rings. The van der Waals surface area contributed by atoms with Crippen LogP contribution in [0.1, 0.15) is 16.1 Å². The van der Waals surface area contributed by atoms with Gasteiger partial charge in [0.25, 0.3) is 5.91 Å².